The smallest absolute Gasteiger partial charge is 0.340 e. The topological polar surface area (TPSA) is 35.6 Å². The zero-order valence-corrected chi connectivity index (χ0v) is 15.2. The van der Waals surface area contributed by atoms with Crippen LogP contribution in [-0.4, -0.2) is 55.0 Å². The molecule has 0 aliphatic carbocycles. The van der Waals surface area contributed by atoms with Gasteiger partial charge in [-0.1, -0.05) is 18.2 Å². The van der Waals surface area contributed by atoms with Crippen molar-refractivity contribution in [2.75, 3.05) is 39.3 Å². The minimum Gasteiger partial charge on any atom is -0.340 e. The first-order valence-corrected chi connectivity index (χ1v) is 7.81. The van der Waals surface area contributed by atoms with E-state index in [1.165, 1.54) is 12.1 Å². The van der Waals surface area contributed by atoms with Gasteiger partial charge in [-0.25, -0.2) is 0 Å². The van der Waals surface area contributed by atoms with Crippen molar-refractivity contribution in [3.8, 4) is 0 Å². The van der Waals surface area contributed by atoms with Crippen molar-refractivity contribution in [2.24, 2.45) is 5.92 Å². The highest BCUT2D eigenvalue weighted by Crippen LogP contribution is 2.29. The third-order valence-corrected chi connectivity index (χ3v) is 4.48. The summed E-state index contributed by atoms with van der Waals surface area (Å²) in [5, 5.41) is 3.09. The Kier molecular flexibility index (Phi) is 7.99. The lowest BCUT2D eigenvalue weighted by Gasteiger charge is -2.38. The molecule has 1 aromatic carbocycles. The van der Waals surface area contributed by atoms with Gasteiger partial charge in [-0.05, 0) is 11.6 Å². The third-order valence-electron chi connectivity index (χ3n) is 4.48. The number of nitrogens with one attached hydrogen (secondary N) is 1. The van der Waals surface area contributed by atoms with Crippen LogP contribution in [-0.2, 0) is 17.5 Å². The van der Waals surface area contributed by atoms with Gasteiger partial charge in [0.15, 0.2) is 0 Å². The molecule has 2 aliphatic rings. The van der Waals surface area contributed by atoms with E-state index in [1.807, 2.05) is 4.90 Å². The number of piperazine rings is 1. The fourth-order valence-corrected chi connectivity index (χ4v) is 2.95. The molecule has 1 N–H and O–H groups in total. The molecule has 25 heavy (non-hydrogen) atoms. The summed E-state index contributed by atoms with van der Waals surface area (Å²) in [5.74, 6) is 0.299. The fourth-order valence-electron chi connectivity index (χ4n) is 2.95. The summed E-state index contributed by atoms with van der Waals surface area (Å²) < 4.78 is 38.2. The summed E-state index contributed by atoms with van der Waals surface area (Å²) in [5.41, 5.74) is 0.0455. The SMILES string of the molecule is Cl.Cl.O=C(C1CNC1)N1CCN(Cc2cccc(C(F)(F)F)c2)CC1. The average Bonchev–Trinajstić information content (AvgIpc) is 2.45. The molecule has 0 spiro atoms. The van der Waals surface area contributed by atoms with Gasteiger partial charge >= 0.3 is 6.18 Å². The highest BCUT2D eigenvalue weighted by atomic mass is 35.5. The second-order valence-electron chi connectivity index (χ2n) is 6.15. The Morgan fingerprint density at radius 1 is 1.12 bits per heavy atom. The molecule has 9 heteroatoms. The molecule has 142 valence electrons. The zero-order chi connectivity index (χ0) is 16.4. The molecule has 1 amide bonds. The maximum atomic E-state index is 12.7. The summed E-state index contributed by atoms with van der Waals surface area (Å²) in [6, 6.07) is 5.46. The summed E-state index contributed by atoms with van der Waals surface area (Å²) in [7, 11) is 0. The average molecular weight is 400 g/mol. The molecule has 0 bridgehead atoms. The van der Waals surface area contributed by atoms with E-state index in [-0.39, 0.29) is 36.6 Å². The predicted molar refractivity (Wildman–Crippen MR) is 94.2 cm³/mol. The van der Waals surface area contributed by atoms with Crippen molar-refractivity contribution in [3.05, 3.63) is 35.4 Å². The van der Waals surface area contributed by atoms with Crippen LogP contribution in [0.5, 0.6) is 0 Å². The van der Waals surface area contributed by atoms with Crippen LogP contribution in [0.15, 0.2) is 24.3 Å². The van der Waals surface area contributed by atoms with Gasteiger partial charge in [0.2, 0.25) is 5.91 Å². The number of rotatable bonds is 3. The van der Waals surface area contributed by atoms with Crippen molar-refractivity contribution >= 4 is 30.7 Å². The Balaban J connectivity index is 0.00000156. The second-order valence-corrected chi connectivity index (χ2v) is 6.15. The van der Waals surface area contributed by atoms with Crippen molar-refractivity contribution in [1.29, 1.82) is 0 Å². The molecule has 1 aromatic rings. The zero-order valence-electron chi connectivity index (χ0n) is 13.6. The molecule has 4 nitrogen and oxygen atoms in total. The Morgan fingerprint density at radius 3 is 2.28 bits per heavy atom. The van der Waals surface area contributed by atoms with Crippen LogP contribution in [0.4, 0.5) is 13.2 Å². The van der Waals surface area contributed by atoms with Gasteiger partial charge in [0.05, 0.1) is 11.5 Å². The van der Waals surface area contributed by atoms with Crippen LogP contribution in [0.25, 0.3) is 0 Å². The number of hydrogen-bond donors (Lipinski definition) is 1. The molecule has 0 radical (unpaired) electrons. The minimum atomic E-state index is -4.31. The van der Waals surface area contributed by atoms with Crippen molar-refractivity contribution < 1.29 is 18.0 Å². The number of carbonyl (C=O) groups excluding carboxylic acids is 1. The van der Waals surface area contributed by atoms with Gasteiger partial charge in [-0.15, -0.1) is 24.8 Å². The van der Waals surface area contributed by atoms with Crippen LogP contribution in [0, 0.1) is 5.92 Å². The van der Waals surface area contributed by atoms with E-state index >= 15 is 0 Å². The first kappa shape index (κ1) is 22.0. The van der Waals surface area contributed by atoms with Crippen LogP contribution >= 0.6 is 24.8 Å². The highest BCUT2D eigenvalue weighted by molar-refractivity contribution is 5.85. The molecule has 3 rings (SSSR count). The summed E-state index contributed by atoms with van der Waals surface area (Å²) in [6.45, 7) is 4.68. The Morgan fingerprint density at radius 2 is 1.76 bits per heavy atom. The first-order chi connectivity index (χ1) is 10.9. The summed E-state index contributed by atoms with van der Waals surface area (Å²) in [6.07, 6.45) is -4.31. The van der Waals surface area contributed by atoms with Crippen molar-refractivity contribution in [3.63, 3.8) is 0 Å². The Bertz CT molecular complexity index is 574. The van der Waals surface area contributed by atoms with E-state index in [0.717, 1.165) is 19.2 Å². The van der Waals surface area contributed by atoms with Crippen molar-refractivity contribution in [1.82, 2.24) is 15.1 Å². The molecule has 0 saturated carbocycles. The van der Waals surface area contributed by atoms with E-state index in [2.05, 4.69) is 10.2 Å². The molecule has 0 atom stereocenters. The minimum absolute atomic E-state index is 0. The number of alkyl halides is 3. The number of carbonyl (C=O) groups is 1. The van der Waals surface area contributed by atoms with Crippen molar-refractivity contribution in [2.45, 2.75) is 12.7 Å². The highest BCUT2D eigenvalue weighted by Gasteiger charge is 2.32. The van der Waals surface area contributed by atoms with Crippen LogP contribution in [0.3, 0.4) is 0 Å². The van der Waals surface area contributed by atoms with Crippen LogP contribution in [0.2, 0.25) is 0 Å². The summed E-state index contributed by atoms with van der Waals surface area (Å²) in [4.78, 5) is 16.1. The molecule has 2 saturated heterocycles. The Hall–Kier alpha value is -1.02. The van der Waals surface area contributed by atoms with Crippen LogP contribution in [0.1, 0.15) is 11.1 Å². The largest absolute Gasteiger partial charge is 0.416 e. The maximum absolute atomic E-state index is 12.7. The molecule has 2 heterocycles. The number of amides is 1. The number of halogens is 5. The van der Waals surface area contributed by atoms with Gasteiger partial charge in [-0.3, -0.25) is 9.69 Å². The molecule has 2 fully saturated rings. The molecule has 0 unspecified atom stereocenters. The number of hydrogen-bond acceptors (Lipinski definition) is 3. The third kappa shape index (κ3) is 5.48. The van der Waals surface area contributed by atoms with Gasteiger partial charge in [0, 0.05) is 45.8 Å². The van der Waals surface area contributed by atoms with Gasteiger partial charge in [0.25, 0.3) is 0 Å². The quantitative estimate of drug-likeness (QED) is 0.847. The van der Waals surface area contributed by atoms with E-state index < -0.39 is 11.7 Å². The lowest BCUT2D eigenvalue weighted by atomic mass is 10.0. The monoisotopic (exact) mass is 399 g/mol. The summed E-state index contributed by atoms with van der Waals surface area (Å²) >= 11 is 0. The maximum Gasteiger partial charge on any atom is 0.416 e. The first-order valence-electron chi connectivity index (χ1n) is 7.81. The molecule has 2 aliphatic heterocycles. The standard InChI is InChI=1S/C16H20F3N3O.2ClH/c17-16(18,19)14-3-1-2-12(8-14)11-21-4-6-22(7-5-21)15(23)13-9-20-10-13;;/h1-3,8,13,20H,4-7,9-11H2;2*1H. The Labute approximate surface area is 157 Å². The predicted octanol–water partition coefficient (Wildman–Crippen LogP) is 2.41. The lowest BCUT2D eigenvalue weighted by Crippen LogP contribution is -2.56. The van der Waals surface area contributed by atoms with E-state index in [9.17, 15) is 18.0 Å². The molecule has 0 aromatic heterocycles. The van der Waals surface area contributed by atoms with E-state index in [1.54, 1.807) is 6.07 Å². The molecular formula is C16H22Cl2F3N3O. The van der Waals surface area contributed by atoms with Gasteiger partial charge in [-0.2, -0.15) is 13.2 Å². The van der Waals surface area contributed by atoms with Gasteiger partial charge < -0.3 is 10.2 Å². The number of benzene rings is 1. The van der Waals surface area contributed by atoms with Crippen LogP contribution < -0.4 is 5.32 Å². The lowest BCUT2D eigenvalue weighted by molar-refractivity contribution is -0.139. The number of nitrogens with zero attached hydrogens (tertiary/aromatic N) is 2. The fraction of sp³-hybridized carbons (Fsp3) is 0.562. The normalized spacial score (nSPS) is 18.8. The molecular weight excluding hydrogens is 378 g/mol. The van der Waals surface area contributed by atoms with E-state index in [0.29, 0.717) is 38.3 Å². The second kappa shape index (κ2) is 9.07. The van der Waals surface area contributed by atoms with Gasteiger partial charge in [0.1, 0.15) is 0 Å². The van der Waals surface area contributed by atoms with E-state index in [4.69, 9.17) is 0 Å².